The molecule has 0 aliphatic heterocycles. The number of aryl methyl sites for hydroxylation is 2. The zero-order chi connectivity index (χ0) is 17.6. The number of aromatic hydroxyl groups is 1. The van der Waals surface area contributed by atoms with Gasteiger partial charge in [-0.15, -0.1) is 0 Å². The maximum absolute atomic E-state index is 9.74. The van der Waals surface area contributed by atoms with Crippen molar-refractivity contribution in [1.82, 2.24) is 9.97 Å². The van der Waals surface area contributed by atoms with Crippen LogP contribution in [0.2, 0.25) is 0 Å². The fourth-order valence-corrected chi connectivity index (χ4v) is 2.75. The van der Waals surface area contributed by atoms with E-state index in [0.717, 1.165) is 41.9 Å². The van der Waals surface area contributed by atoms with Crippen LogP contribution in [0.4, 0.5) is 0 Å². The summed E-state index contributed by atoms with van der Waals surface area (Å²) in [4.78, 5) is 9.02. The van der Waals surface area contributed by atoms with Crippen molar-refractivity contribution in [1.29, 1.82) is 0 Å². The molecule has 128 valence electrons. The van der Waals surface area contributed by atoms with E-state index in [9.17, 15) is 10.2 Å². The molecule has 4 nitrogen and oxygen atoms in total. The Hall–Kier alpha value is -2.72. The number of rotatable bonds is 6. The van der Waals surface area contributed by atoms with Gasteiger partial charge in [-0.3, -0.25) is 0 Å². The normalized spacial score (nSPS) is 12.1. The van der Waals surface area contributed by atoms with Gasteiger partial charge in [-0.25, -0.2) is 9.97 Å². The maximum atomic E-state index is 9.74. The summed E-state index contributed by atoms with van der Waals surface area (Å²) in [6, 6.07) is 17.0. The highest BCUT2D eigenvalue weighted by molar-refractivity contribution is 5.59. The van der Waals surface area contributed by atoms with Gasteiger partial charge in [0.15, 0.2) is 0 Å². The van der Waals surface area contributed by atoms with Crippen LogP contribution < -0.4 is 0 Å². The van der Waals surface area contributed by atoms with Gasteiger partial charge in [-0.1, -0.05) is 30.3 Å². The number of aliphatic hydroxyl groups excluding tert-OH is 1. The van der Waals surface area contributed by atoms with E-state index < -0.39 is 6.10 Å². The molecule has 3 aromatic rings. The molecule has 2 aromatic carbocycles. The highest BCUT2D eigenvalue weighted by Gasteiger charge is 2.06. The molecule has 0 amide bonds. The molecule has 0 saturated heterocycles. The van der Waals surface area contributed by atoms with Crippen LogP contribution in [0.15, 0.2) is 60.8 Å². The standard InChI is InChI=1S/C21H22N2O2/c1-15(24)17-5-3-6-18(14-17)20-12-13-22-21(23-20)7-2-4-16-8-10-19(25)11-9-16/h3,5-6,8-15,24-25H,2,4,7H2,1H3. The Morgan fingerprint density at radius 3 is 2.56 bits per heavy atom. The van der Waals surface area contributed by atoms with Gasteiger partial charge in [0.1, 0.15) is 11.6 Å². The molecule has 1 aromatic heterocycles. The van der Waals surface area contributed by atoms with Gasteiger partial charge in [0, 0.05) is 18.2 Å². The second-order valence-corrected chi connectivity index (χ2v) is 6.18. The Labute approximate surface area is 147 Å². The number of phenolic OH excluding ortho intramolecular Hbond substituents is 1. The second kappa shape index (κ2) is 7.90. The summed E-state index contributed by atoms with van der Waals surface area (Å²) in [5.41, 5.74) is 3.93. The minimum Gasteiger partial charge on any atom is -0.508 e. The monoisotopic (exact) mass is 334 g/mol. The average molecular weight is 334 g/mol. The Bertz CT molecular complexity index is 829. The molecule has 0 aliphatic carbocycles. The number of hydrogen-bond donors (Lipinski definition) is 2. The quantitative estimate of drug-likeness (QED) is 0.713. The highest BCUT2D eigenvalue weighted by Crippen LogP contribution is 2.22. The van der Waals surface area contributed by atoms with Crippen molar-refractivity contribution < 1.29 is 10.2 Å². The molecule has 1 atom stereocenters. The molecule has 3 rings (SSSR count). The van der Waals surface area contributed by atoms with Gasteiger partial charge >= 0.3 is 0 Å². The van der Waals surface area contributed by atoms with Crippen LogP contribution in [0, 0.1) is 0 Å². The summed E-state index contributed by atoms with van der Waals surface area (Å²) in [5, 5.41) is 19.1. The van der Waals surface area contributed by atoms with E-state index in [1.807, 2.05) is 42.5 Å². The summed E-state index contributed by atoms with van der Waals surface area (Å²) in [5.74, 6) is 1.11. The molecule has 2 N–H and O–H groups in total. The van der Waals surface area contributed by atoms with E-state index in [-0.39, 0.29) is 0 Å². The zero-order valence-corrected chi connectivity index (χ0v) is 14.3. The van der Waals surface area contributed by atoms with Crippen molar-refractivity contribution in [2.75, 3.05) is 0 Å². The number of phenols is 1. The first kappa shape index (κ1) is 17.1. The van der Waals surface area contributed by atoms with Crippen molar-refractivity contribution in [3.63, 3.8) is 0 Å². The number of hydrogen-bond acceptors (Lipinski definition) is 4. The SMILES string of the molecule is CC(O)c1cccc(-c2ccnc(CCCc3ccc(O)cc3)n2)c1. The number of benzene rings is 2. The van der Waals surface area contributed by atoms with Crippen molar-refractivity contribution >= 4 is 0 Å². The lowest BCUT2D eigenvalue weighted by atomic mass is 10.0. The zero-order valence-electron chi connectivity index (χ0n) is 14.3. The minimum absolute atomic E-state index is 0.291. The van der Waals surface area contributed by atoms with Crippen LogP contribution in [0.5, 0.6) is 5.75 Å². The molecule has 1 heterocycles. The lowest BCUT2D eigenvalue weighted by molar-refractivity contribution is 0.199. The van der Waals surface area contributed by atoms with Gasteiger partial charge in [-0.05, 0) is 55.2 Å². The number of aliphatic hydroxyl groups is 1. The second-order valence-electron chi connectivity index (χ2n) is 6.18. The Morgan fingerprint density at radius 1 is 1.00 bits per heavy atom. The van der Waals surface area contributed by atoms with Gasteiger partial charge < -0.3 is 10.2 Å². The van der Waals surface area contributed by atoms with Gasteiger partial charge in [0.2, 0.25) is 0 Å². The molecule has 0 bridgehead atoms. The lowest BCUT2D eigenvalue weighted by Crippen LogP contribution is -1.98. The molecule has 4 heteroatoms. The first-order chi connectivity index (χ1) is 12.1. The molecule has 0 fully saturated rings. The molecule has 25 heavy (non-hydrogen) atoms. The Kier molecular flexibility index (Phi) is 5.41. The first-order valence-corrected chi connectivity index (χ1v) is 8.50. The fourth-order valence-electron chi connectivity index (χ4n) is 2.75. The van der Waals surface area contributed by atoms with Crippen LogP contribution in [0.25, 0.3) is 11.3 Å². The third kappa shape index (κ3) is 4.64. The Morgan fingerprint density at radius 2 is 1.80 bits per heavy atom. The van der Waals surface area contributed by atoms with Crippen LogP contribution in [-0.4, -0.2) is 20.2 Å². The summed E-state index contributed by atoms with van der Waals surface area (Å²) in [6.07, 6.45) is 3.96. The van der Waals surface area contributed by atoms with Crippen molar-refractivity contribution in [2.45, 2.75) is 32.3 Å². The van der Waals surface area contributed by atoms with E-state index in [2.05, 4.69) is 9.97 Å². The van der Waals surface area contributed by atoms with E-state index in [4.69, 9.17) is 0 Å². The third-order valence-electron chi connectivity index (χ3n) is 4.17. The summed E-state index contributed by atoms with van der Waals surface area (Å²) < 4.78 is 0. The van der Waals surface area contributed by atoms with Gasteiger partial charge in [0.05, 0.1) is 11.8 Å². The smallest absolute Gasteiger partial charge is 0.128 e. The topological polar surface area (TPSA) is 66.2 Å². The lowest BCUT2D eigenvalue weighted by Gasteiger charge is -2.08. The van der Waals surface area contributed by atoms with E-state index >= 15 is 0 Å². The molecule has 0 saturated carbocycles. The van der Waals surface area contributed by atoms with E-state index in [1.165, 1.54) is 5.56 Å². The molecule has 1 unspecified atom stereocenters. The third-order valence-corrected chi connectivity index (χ3v) is 4.17. The first-order valence-electron chi connectivity index (χ1n) is 8.50. The molecular weight excluding hydrogens is 312 g/mol. The summed E-state index contributed by atoms with van der Waals surface area (Å²) in [6.45, 7) is 1.76. The summed E-state index contributed by atoms with van der Waals surface area (Å²) >= 11 is 0. The van der Waals surface area contributed by atoms with Crippen LogP contribution >= 0.6 is 0 Å². The highest BCUT2D eigenvalue weighted by atomic mass is 16.3. The predicted molar refractivity (Wildman–Crippen MR) is 98.2 cm³/mol. The minimum atomic E-state index is -0.494. The van der Waals surface area contributed by atoms with E-state index in [1.54, 1.807) is 25.3 Å². The van der Waals surface area contributed by atoms with Crippen molar-refractivity contribution in [3.8, 4) is 17.0 Å². The van der Waals surface area contributed by atoms with Crippen LogP contribution in [0.1, 0.15) is 36.4 Å². The number of aromatic nitrogens is 2. The predicted octanol–water partition coefficient (Wildman–Crippen LogP) is 4.08. The van der Waals surface area contributed by atoms with Crippen molar-refractivity contribution in [2.24, 2.45) is 0 Å². The molecule has 0 spiro atoms. The fraction of sp³-hybridized carbons (Fsp3) is 0.238. The van der Waals surface area contributed by atoms with Gasteiger partial charge in [0.25, 0.3) is 0 Å². The number of nitrogens with zero attached hydrogens (tertiary/aromatic N) is 2. The molecular formula is C21H22N2O2. The molecule has 0 radical (unpaired) electrons. The Balaban J connectivity index is 1.67. The largest absolute Gasteiger partial charge is 0.508 e. The molecule has 0 aliphatic rings. The summed E-state index contributed by atoms with van der Waals surface area (Å²) in [7, 11) is 0. The maximum Gasteiger partial charge on any atom is 0.128 e. The van der Waals surface area contributed by atoms with Crippen LogP contribution in [-0.2, 0) is 12.8 Å². The van der Waals surface area contributed by atoms with E-state index in [0.29, 0.717) is 5.75 Å². The van der Waals surface area contributed by atoms with Crippen LogP contribution in [0.3, 0.4) is 0 Å². The van der Waals surface area contributed by atoms with Gasteiger partial charge in [-0.2, -0.15) is 0 Å². The average Bonchev–Trinajstić information content (AvgIpc) is 2.64. The van der Waals surface area contributed by atoms with Crippen molar-refractivity contribution in [3.05, 3.63) is 77.7 Å².